The lowest BCUT2D eigenvalue weighted by Gasteiger charge is -2.28. The minimum absolute atomic E-state index is 0.355. The van der Waals surface area contributed by atoms with Crippen LogP contribution in [0.15, 0.2) is 0 Å². The first kappa shape index (κ1) is 16.8. The van der Waals surface area contributed by atoms with Crippen molar-refractivity contribution in [1.29, 1.82) is 0 Å². The molecule has 1 unspecified atom stereocenters. The van der Waals surface area contributed by atoms with Crippen LogP contribution in [-0.2, 0) is 9.47 Å². The zero-order valence-electron chi connectivity index (χ0n) is 11.6. The number of nitrogens with zero attached hydrogens (tertiary/aromatic N) is 1. The summed E-state index contributed by atoms with van der Waals surface area (Å²) < 4.78 is 9.99. The van der Waals surface area contributed by atoms with Gasteiger partial charge in [0.15, 0.2) is 0 Å². The van der Waals surface area contributed by atoms with Crippen LogP contribution in [0.5, 0.6) is 0 Å². The average Bonchev–Trinajstić information content (AvgIpc) is 2.29. The molecule has 0 aromatic rings. The quantitative estimate of drug-likeness (QED) is 0.502. The molecular weight excluding hydrogens is 220 g/mol. The van der Waals surface area contributed by atoms with E-state index in [0.717, 1.165) is 13.1 Å². The van der Waals surface area contributed by atoms with Crippen molar-refractivity contribution in [1.82, 2.24) is 10.2 Å². The van der Waals surface area contributed by atoms with Gasteiger partial charge in [-0.1, -0.05) is 0 Å². The van der Waals surface area contributed by atoms with Gasteiger partial charge in [0.2, 0.25) is 0 Å². The van der Waals surface area contributed by atoms with E-state index < -0.39 is 0 Å². The van der Waals surface area contributed by atoms with E-state index in [1.165, 1.54) is 0 Å². The number of nitrogens with one attached hydrogen (secondary N) is 1. The highest BCUT2D eigenvalue weighted by Gasteiger charge is 2.13. The summed E-state index contributed by atoms with van der Waals surface area (Å²) in [4.78, 5) is 2.21. The molecule has 5 nitrogen and oxygen atoms in total. The first-order valence-electron chi connectivity index (χ1n) is 6.22. The molecule has 0 saturated carbocycles. The molecule has 0 aliphatic rings. The molecule has 17 heavy (non-hydrogen) atoms. The molecule has 5 heteroatoms. The molecule has 0 amide bonds. The zero-order valence-corrected chi connectivity index (χ0v) is 11.6. The number of hydrogen-bond acceptors (Lipinski definition) is 5. The second-order valence-electron chi connectivity index (χ2n) is 4.43. The number of aliphatic hydroxyl groups is 1. The molecule has 0 aromatic carbocycles. The average molecular weight is 248 g/mol. The van der Waals surface area contributed by atoms with Crippen molar-refractivity contribution in [3.8, 4) is 0 Å². The van der Waals surface area contributed by atoms with Crippen LogP contribution in [0.4, 0.5) is 0 Å². The Hall–Kier alpha value is -0.200. The zero-order chi connectivity index (χ0) is 13.1. The molecule has 0 aliphatic heterocycles. The summed E-state index contributed by atoms with van der Waals surface area (Å²) in [6.45, 7) is 8.50. The standard InChI is InChI=1S/C12H28N2O3/c1-11(2)14(6-8-17-4)10-12(15)9-13-5-7-16-3/h11-13,15H,5-10H2,1-4H3. The molecule has 0 aliphatic carbocycles. The van der Waals surface area contributed by atoms with E-state index >= 15 is 0 Å². The van der Waals surface area contributed by atoms with Crippen LogP contribution in [0.2, 0.25) is 0 Å². The summed E-state index contributed by atoms with van der Waals surface area (Å²) in [5.74, 6) is 0. The van der Waals surface area contributed by atoms with Gasteiger partial charge in [-0.2, -0.15) is 0 Å². The fourth-order valence-electron chi connectivity index (χ4n) is 1.55. The number of hydrogen-bond donors (Lipinski definition) is 2. The van der Waals surface area contributed by atoms with Gasteiger partial charge in [0, 0.05) is 46.4 Å². The highest BCUT2D eigenvalue weighted by molar-refractivity contribution is 4.69. The van der Waals surface area contributed by atoms with Gasteiger partial charge in [0.05, 0.1) is 19.3 Å². The van der Waals surface area contributed by atoms with Gasteiger partial charge in [0.25, 0.3) is 0 Å². The van der Waals surface area contributed by atoms with Gasteiger partial charge < -0.3 is 19.9 Å². The Morgan fingerprint density at radius 2 is 1.82 bits per heavy atom. The van der Waals surface area contributed by atoms with Crippen LogP contribution in [0, 0.1) is 0 Å². The fourth-order valence-corrected chi connectivity index (χ4v) is 1.55. The van der Waals surface area contributed by atoms with E-state index in [-0.39, 0.29) is 6.10 Å². The van der Waals surface area contributed by atoms with Crippen molar-refractivity contribution >= 4 is 0 Å². The molecule has 0 rings (SSSR count). The summed E-state index contributed by atoms with van der Waals surface area (Å²) in [5, 5.41) is 13.0. The van der Waals surface area contributed by atoms with Gasteiger partial charge in [-0.05, 0) is 13.8 Å². The van der Waals surface area contributed by atoms with E-state index in [1.54, 1.807) is 14.2 Å². The first-order chi connectivity index (χ1) is 8.11. The van der Waals surface area contributed by atoms with Gasteiger partial charge >= 0.3 is 0 Å². The summed E-state index contributed by atoms with van der Waals surface area (Å²) in [5.41, 5.74) is 0. The molecule has 0 aromatic heterocycles. The maximum atomic E-state index is 9.88. The van der Waals surface area contributed by atoms with Crippen LogP contribution in [0.1, 0.15) is 13.8 Å². The second-order valence-corrected chi connectivity index (χ2v) is 4.43. The Labute approximate surface area is 105 Å². The maximum absolute atomic E-state index is 9.88. The van der Waals surface area contributed by atoms with Crippen LogP contribution in [-0.4, -0.2) is 75.8 Å². The predicted octanol–water partition coefficient (Wildman–Crippen LogP) is -0.0599. The van der Waals surface area contributed by atoms with Gasteiger partial charge in [-0.3, -0.25) is 4.90 Å². The van der Waals surface area contributed by atoms with E-state index in [1.807, 2.05) is 0 Å². The Balaban J connectivity index is 3.74. The van der Waals surface area contributed by atoms with E-state index in [4.69, 9.17) is 9.47 Å². The minimum Gasteiger partial charge on any atom is -0.390 e. The lowest BCUT2D eigenvalue weighted by molar-refractivity contribution is 0.0710. The van der Waals surface area contributed by atoms with E-state index in [9.17, 15) is 5.11 Å². The molecule has 0 heterocycles. The Morgan fingerprint density at radius 3 is 2.35 bits per heavy atom. The molecule has 0 saturated heterocycles. The molecule has 104 valence electrons. The molecular formula is C12H28N2O3. The largest absolute Gasteiger partial charge is 0.390 e. The van der Waals surface area contributed by atoms with Crippen molar-refractivity contribution in [3.63, 3.8) is 0 Å². The van der Waals surface area contributed by atoms with Gasteiger partial charge in [-0.15, -0.1) is 0 Å². The van der Waals surface area contributed by atoms with Gasteiger partial charge in [-0.25, -0.2) is 0 Å². The normalized spacial score (nSPS) is 13.6. The van der Waals surface area contributed by atoms with Crippen molar-refractivity contribution in [3.05, 3.63) is 0 Å². The minimum atomic E-state index is -0.355. The third-order valence-corrected chi connectivity index (χ3v) is 2.62. The number of aliphatic hydroxyl groups excluding tert-OH is 1. The SMILES string of the molecule is COCCNCC(O)CN(CCOC)C(C)C. The summed E-state index contributed by atoms with van der Waals surface area (Å²) in [7, 11) is 3.37. The molecule has 0 radical (unpaired) electrons. The van der Waals surface area contributed by atoms with Crippen molar-refractivity contribution < 1.29 is 14.6 Å². The summed E-state index contributed by atoms with van der Waals surface area (Å²) in [6, 6.07) is 0.416. The molecule has 1 atom stereocenters. The topological polar surface area (TPSA) is 54.0 Å². The Bertz CT molecular complexity index is 168. The van der Waals surface area contributed by atoms with E-state index in [2.05, 4.69) is 24.1 Å². The highest BCUT2D eigenvalue weighted by Crippen LogP contribution is 1.99. The molecule has 0 fully saturated rings. The molecule has 0 bridgehead atoms. The lowest BCUT2D eigenvalue weighted by Crippen LogP contribution is -2.43. The van der Waals surface area contributed by atoms with Crippen LogP contribution >= 0.6 is 0 Å². The monoisotopic (exact) mass is 248 g/mol. The Morgan fingerprint density at radius 1 is 1.18 bits per heavy atom. The van der Waals surface area contributed by atoms with Crippen molar-refractivity contribution in [2.24, 2.45) is 0 Å². The third kappa shape index (κ3) is 9.50. The highest BCUT2D eigenvalue weighted by atomic mass is 16.5. The van der Waals surface area contributed by atoms with Gasteiger partial charge in [0.1, 0.15) is 0 Å². The van der Waals surface area contributed by atoms with Crippen molar-refractivity contribution in [2.45, 2.75) is 26.0 Å². The fraction of sp³-hybridized carbons (Fsp3) is 1.00. The Kier molecular flexibility index (Phi) is 10.8. The number of methoxy groups -OCH3 is 2. The predicted molar refractivity (Wildman–Crippen MR) is 69.3 cm³/mol. The second kappa shape index (κ2) is 10.9. The smallest absolute Gasteiger partial charge is 0.0791 e. The van der Waals surface area contributed by atoms with Crippen LogP contribution in [0.25, 0.3) is 0 Å². The summed E-state index contributed by atoms with van der Waals surface area (Å²) >= 11 is 0. The number of ether oxygens (including phenoxy) is 2. The molecule has 0 spiro atoms. The lowest BCUT2D eigenvalue weighted by atomic mass is 10.2. The van der Waals surface area contributed by atoms with Crippen LogP contribution < -0.4 is 5.32 Å². The summed E-state index contributed by atoms with van der Waals surface area (Å²) in [6.07, 6.45) is -0.355. The third-order valence-electron chi connectivity index (χ3n) is 2.62. The molecule has 2 N–H and O–H groups in total. The number of rotatable bonds is 11. The maximum Gasteiger partial charge on any atom is 0.0791 e. The van der Waals surface area contributed by atoms with Crippen molar-refractivity contribution in [2.75, 3.05) is 53.6 Å². The van der Waals surface area contributed by atoms with E-state index in [0.29, 0.717) is 32.3 Å². The van der Waals surface area contributed by atoms with Crippen LogP contribution in [0.3, 0.4) is 0 Å². The first-order valence-corrected chi connectivity index (χ1v) is 6.22.